The highest BCUT2D eigenvalue weighted by Crippen LogP contribution is 2.35. The average molecular weight is 237 g/mol. The minimum absolute atomic E-state index is 0.730. The van der Waals surface area contributed by atoms with Gasteiger partial charge < -0.3 is 0 Å². The quantitative estimate of drug-likeness (QED) is 0.656. The molecule has 0 saturated carbocycles. The molecule has 0 nitrogen and oxygen atoms in total. The van der Waals surface area contributed by atoms with Crippen LogP contribution in [-0.2, 0) is 0 Å². The molecule has 0 heterocycles. The smallest absolute Gasteiger partial charge is 0.0487 e. The van der Waals surface area contributed by atoms with Crippen molar-refractivity contribution in [3.8, 4) is 11.1 Å². The van der Waals surface area contributed by atoms with Crippen molar-refractivity contribution in [3.05, 3.63) is 58.1 Å². The number of benzene rings is 2. The Morgan fingerprint density at radius 3 is 2.13 bits per heavy atom. The summed E-state index contributed by atoms with van der Waals surface area (Å²) >= 11 is 12.3. The first-order valence-corrected chi connectivity index (χ1v) is 5.46. The molecule has 0 fully saturated rings. The van der Waals surface area contributed by atoms with Crippen LogP contribution in [0.5, 0.6) is 0 Å². The van der Waals surface area contributed by atoms with Crippen molar-refractivity contribution in [1.82, 2.24) is 0 Å². The van der Waals surface area contributed by atoms with E-state index in [0.29, 0.717) is 0 Å². The van der Waals surface area contributed by atoms with Gasteiger partial charge in [-0.1, -0.05) is 53.5 Å². The Bertz CT molecular complexity index is 469. The molecule has 0 spiro atoms. The van der Waals surface area contributed by atoms with Gasteiger partial charge in [-0.25, -0.2) is 0 Å². The lowest BCUT2D eigenvalue weighted by Gasteiger charge is -2.09. The van der Waals surface area contributed by atoms with E-state index in [2.05, 4.69) is 0 Å². The molecule has 0 saturated heterocycles. The van der Waals surface area contributed by atoms with Crippen LogP contribution in [0.4, 0.5) is 0 Å². The number of rotatable bonds is 1. The Kier molecular flexibility index (Phi) is 2.99. The first-order valence-electron chi connectivity index (χ1n) is 4.70. The van der Waals surface area contributed by atoms with Gasteiger partial charge >= 0.3 is 0 Å². The molecule has 15 heavy (non-hydrogen) atoms. The van der Waals surface area contributed by atoms with Gasteiger partial charge in [0.15, 0.2) is 0 Å². The molecule has 2 aromatic carbocycles. The summed E-state index contributed by atoms with van der Waals surface area (Å²) in [6.07, 6.45) is 0. The van der Waals surface area contributed by atoms with E-state index >= 15 is 0 Å². The van der Waals surface area contributed by atoms with Gasteiger partial charge in [-0.2, -0.15) is 0 Å². The molecule has 0 bridgehead atoms. The lowest BCUT2D eigenvalue weighted by atomic mass is 10.0. The third kappa shape index (κ3) is 2.01. The Morgan fingerprint density at radius 1 is 0.800 bits per heavy atom. The summed E-state index contributed by atoms with van der Waals surface area (Å²) in [5.74, 6) is 0. The zero-order valence-electron chi connectivity index (χ0n) is 8.30. The van der Waals surface area contributed by atoms with E-state index in [-0.39, 0.29) is 0 Å². The van der Waals surface area contributed by atoms with Gasteiger partial charge in [0, 0.05) is 21.2 Å². The zero-order valence-corrected chi connectivity index (χ0v) is 9.81. The molecule has 2 aromatic rings. The summed E-state index contributed by atoms with van der Waals surface area (Å²) in [4.78, 5) is 0. The second-order valence-electron chi connectivity index (χ2n) is 3.41. The number of hydrogen-bond donors (Lipinski definition) is 0. The molecule has 0 amide bonds. The van der Waals surface area contributed by atoms with Crippen LogP contribution in [0.25, 0.3) is 11.1 Å². The van der Waals surface area contributed by atoms with Crippen molar-refractivity contribution < 1.29 is 0 Å². The summed E-state index contributed by atoms with van der Waals surface area (Å²) in [6.45, 7) is 2.03. The number of aryl methyl sites for hydroxylation is 1. The second-order valence-corrected chi connectivity index (χ2v) is 4.23. The van der Waals surface area contributed by atoms with E-state index in [9.17, 15) is 0 Å². The molecular formula is C13H10Cl2. The minimum Gasteiger partial charge on any atom is -0.0837 e. The van der Waals surface area contributed by atoms with Crippen LogP contribution in [0.15, 0.2) is 42.5 Å². The summed E-state index contributed by atoms with van der Waals surface area (Å²) in [5, 5.41) is 1.47. The SMILES string of the molecule is Cc1cccc(Cl)c1-c1ccccc1Cl. The third-order valence-electron chi connectivity index (χ3n) is 2.37. The topological polar surface area (TPSA) is 0 Å². The van der Waals surface area contributed by atoms with Crippen molar-refractivity contribution in [2.24, 2.45) is 0 Å². The molecule has 0 aliphatic carbocycles. The fourth-order valence-electron chi connectivity index (χ4n) is 1.64. The summed E-state index contributed by atoms with van der Waals surface area (Å²) in [6, 6.07) is 13.6. The van der Waals surface area contributed by atoms with Crippen molar-refractivity contribution in [3.63, 3.8) is 0 Å². The molecule has 0 N–H and O–H groups in total. The first-order chi connectivity index (χ1) is 7.20. The molecule has 0 radical (unpaired) electrons. The number of halogens is 2. The maximum atomic E-state index is 6.18. The molecule has 2 heteroatoms. The maximum Gasteiger partial charge on any atom is 0.0487 e. The van der Waals surface area contributed by atoms with Gasteiger partial charge in [-0.05, 0) is 24.6 Å². The van der Waals surface area contributed by atoms with Crippen LogP contribution in [0.3, 0.4) is 0 Å². The Morgan fingerprint density at radius 2 is 1.47 bits per heavy atom. The standard InChI is InChI=1S/C13H10Cl2/c1-9-5-4-8-12(15)13(9)10-6-2-3-7-11(10)14/h2-8H,1H3. The van der Waals surface area contributed by atoms with Crippen molar-refractivity contribution in [2.75, 3.05) is 0 Å². The van der Waals surface area contributed by atoms with Gasteiger partial charge in [0.05, 0.1) is 0 Å². The predicted octanol–water partition coefficient (Wildman–Crippen LogP) is 4.97. The predicted molar refractivity (Wildman–Crippen MR) is 66.6 cm³/mol. The van der Waals surface area contributed by atoms with E-state index in [1.807, 2.05) is 49.4 Å². The largest absolute Gasteiger partial charge is 0.0837 e. The lowest BCUT2D eigenvalue weighted by Crippen LogP contribution is -1.85. The lowest BCUT2D eigenvalue weighted by molar-refractivity contribution is 1.46. The molecule has 2 rings (SSSR count). The van der Waals surface area contributed by atoms with Gasteiger partial charge in [0.25, 0.3) is 0 Å². The molecule has 0 aliphatic rings. The summed E-state index contributed by atoms with van der Waals surface area (Å²) in [5.41, 5.74) is 3.14. The molecule has 0 atom stereocenters. The highest BCUT2D eigenvalue weighted by atomic mass is 35.5. The fourth-order valence-corrected chi connectivity index (χ4v) is 2.19. The van der Waals surface area contributed by atoms with Crippen LogP contribution in [0, 0.1) is 6.92 Å². The van der Waals surface area contributed by atoms with Gasteiger partial charge in [-0.15, -0.1) is 0 Å². The van der Waals surface area contributed by atoms with E-state index in [4.69, 9.17) is 23.2 Å². The second kappa shape index (κ2) is 4.26. The van der Waals surface area contributed by atoms with Crippen LogP contribution in [-0.4, -0.2) is 0 Å². The Labute approximate surface area is 99.5 Å². The van der Waals surface area contributed by atoms with Gasteiger partial charge in [0.2, 0.25) is 0 Å². The van der Waals surface area contributed by atoms with Crippen LogP contribution < -0.4 is 0 Å². The highest BCUT2D eigenvalue weighted by molar-refractivity contribution is 6.36. The number of hydrogen-bond acceptors (Lipinski definition) is 0. The van der Waals surface area contributed by atoms with Crippen LogP contribution in [0.1, 0.15) is 5.56 Å². The van der Waals surface area contributed by atoms with E-state index in [1.54, 1.807) is 0 Å². The average Bonchev–Trinajstić information content (AvgIpc) is 2.20. The molecule has 0 aliphatic heterocycles. The molecule has 0 aromatic heterocycles. The summed E-state index contributed by atoms with van der Waals surface area (Å²) < 4.78 is 0. The Hall–Kier alpha value is -0.980. The molecule has 0 unspecified atom stereocenters. The fraction of sp³-hybridized carbons (Fsp3) is 0.0769. The van der Waals surface area contributed by atoms with Gasteiger partial charge in [-0.3, -0.25) is 0 Å². The van der Waals surface area contributed by atoms with Crippen LogP contribution in [0.2, 0.25) is 10.0 Å². The normalized spacial score (nSPS) is 10.3. The monoisotopic (exact) mass is 236 g/mol. The first kappa shape index (κ1) is 10.5. The highest BCUT2D eigenvalue weighted by Gasteiger charge is 2.08. The molecular weight excluding hydrogens is 227 g/mol. The van der Waals surface area contributed by atoms with E-state index < -0.39 is 0 Å². The van der Waals surface area contributed by atoms with E-state index in [1.165, 1.54) is 0 Å². The summed E-state index contributed by atoms with van der Waals surface area (Å²) in [7, 11) is 0. The minimum atomic E-state index is 0.730. The van der Waals surface area contributed by atoms with Crippen molar-refractivity contribution in [2.45, 2.75) is 6.92 Å². The third-order valence-corrected chi connectivity index (χ3v) is 3.01. The Balaban J connectivity index is 2.69. The van der Waals surface area contributed by atoms with Crippen molar-refractivity contribution in [1.29, 1.82) is 0 Å². The van der Waals surface area contributed by atoms with Gasteiger partial charge in [0.1, 0.15) is 0 Å². The zero-order chi connectivity index (χ0) is 10.8. The molecule has 76 valence electrons. The van der Waals surface area contributed by atoms with E-state index in [0.717, 1.165) is 26.7 Å². The van der Waals surface area contributed by atoms with Crippen LogP contribution >= 0.6 is 23.2 Å². The van der Waals surface area contributed by atoms with Crippen molar-refractivity contribution >= 4 is 23.2 Å². The maximum absolute atomic E-state index is 6.18.